The van der Waals surface area contributed by atoms with Crippen LogP contribution < -0.4 is 10.9 Å². The highest BCUT2D eigenvalue weighted by Crippen LogP contribution is 2.26. The average molecular weight is 291 g/mol. The zero-order valence-corrected chi connectivity index (χ0v) is 12.6. The number of hydrogen-bond acceptors (Lipinski definition) is 4. The normalized spacial score (nSPS) is 23.2. The summed E-state index contributed by atoms with van der Waals surface area (Å²) < 4.78 is 0.720. The van der Waals surface area contributed by atoms with E-state index in [1.165, 1.54) is 43.4 Å². The highest BCUT2D eigenvalue weighted by atomic mass is 32.1. The number of thiophene rings is 1. The zero-order chi connectivity index (χ0) is 13.9. The van der Waals surface area contributed by atoms with Crippen LogP contribution >= 0.6 is 11.3 Å². The third kappa shape index (κ3) is 2.94. The Kier molecular flexibility index (Phi) is 4.17. The van der Waals surface area contributed by atoms with Crippen molar-refractivity contribution in [2.75, 3.05) is 0 Å². The van der Waals surface area contributed by atoms with Crippen LogP contribution in [0, 0.1) is 5.92 Å². The van der Waals surface area contributed by atoms with E-state index in [0.29, 0.717) is 12.6 Å². The molecule has 0 unspecified atom stereocenters. The van der Waals surface area contributed by atoms with Gasteiger partial charge < -0.3 is 10.3 Å². The van der Waals surface area contributed by atoms with Gasteiger partial charge in [-0.15, -0.1) is 11.3 Å². The summed E-state index contributed by atoms with van der Waals surface area (Å²) in [5.74, 6) is 1.66. The molecular formula is C15H21N3OS. The second-order valence-corrected chi connectivity index (χ2v) is 6.57. The molecule has 1 aliphatic rings. The lowest BCUT2D eigenvalue weighted by molar-refractivity contribution is 0.284. The van der Waals surface area contributed by atoms with Gasteiger partial charge in [0, 0.05) is 6.04 Å². The van der Waals surface area contributed by atoms with E-state index >= 15 is 0 Å². The van der Waals surface area contributed by atoms with Gasteiger partial charge in [-0.3, -0.25) is 4.79 Å². The molecule has 0 spiro atoms. The van der Waals surface area contributed by atoms with Crippen molar-refractivity contribution < 1.29 is 0 Å². The highest BCUT2D eigenvalue weighted by molar-refractivity contribution is 7.17. The first-order chi connectivity index (χ1) is 9.76. The van der Waals surface area contributed by atoms with Gasteiger partial charge in [-0.1, -0.05) is 13.3 Å². The summed E-state index contributed by atoms with van der Waals surface area (Å²) in [4.78, 5) is 19.3. The first-order valence-corrected chi connectivity index (χ1v) is 8.34. The number of H-pyrrole nitrogens is 1. The van der Waals surface area contributed by atoms with Gasteiger partial charge in [-0.25, -0.2) is 4.98 Å². The Labute approximate surface area is 122 Å². The molecule has 2 aromatic rings. The third-order valence-electron chi connectivity index (χ3n) is 4.35. The molecule has 0 atom stereocenters. The van der Waals surface area contributed by atoms with Crippen LogP contribution in [0.1, 0.15) is 44.9 Å². The molecule has 108 valence electrons. The van der Waals surface area contributed by atoms with Gasteiger partial charge >= 0.3 is 0 Å². The number of fused-ring (bicyclic) bond motifs is 1. The minimum absolute atomic E-state index is 0.0171. The summed E-state index contributed by atoms with van der Waals surface area (Å²) in [5.41, 5.74) is 0.793. The Bertz CT molecular complexity index is 625. The molecule has 2 N–H and O–H groups in total. The SMILES string of the molecule is CCC1CCC(NCc2nc3ccsc3c(=O)[nH]2)CC1. The van der Waals surface area contributed by atoms with Crippen molar-refractivity contribution in [1.29, 1.82) is 0 Å². The molecule has 0 amide bonds. The smallest absolute Gasteiger partial charge is 0.268 e. The summed E-state index contributed by atoms with van der Waals surface area (Å²) in [7, 11) is 0. The first-order valence-electron chi connectivity index (χ1n) is 7.46. The zero-order valence-electron chi connectivity index (χ0n) is 11.8. The number of aromatic nitrogens is 2. The van der Waals surface area contributed by atoms with Crippen molar-refractivity contribution in [3.63, 3.8) is 0 Å². The predicted octanol–water partition coefficient (Wildman–Crippen LogP) is 3.04. The van der Waals surface area contributed by atoms with Crippen LogP contribution in [0.2, 0.25) is 0 Å². The lowest BCUT2D eigenvalue weighted by Gasteiger charge is -2.28. The van der Waals surface area contributed by atoms with Gasteiger partial charge in [0.25, 0.3) is 5.56 Å². The number of nitrogens with zero attached hydrogens (tertiary/aromatic N) is 1. The Morgan fingerprint density at radius 2 is 2.20 bits per heavy atom. The molecule has 1 saturated carbocycles. The van der Waals surface area contributed by atoms with E-state index < -0.39 is 0 Å². The molecule has 0 aromatic carbocycles. The molecule has 0 bridgehead atoms. The van der Waals surface area contributed by atoms with E-state index in [1.54, 1.807) is 0 Å². The van der Waals surface area contributed by atoms with Crippen molar-refractivity contribution in [3.8, 4) is 0 Å². The molecule has 3 rings (SSSR count). The Balaban J connectivity index is 1.61. The van der Waals surface area contributed by atoms with Gasteiger partial charge in [-0.05, 0) is 43.0 Å². The predicted molar refractivity (Wildman–Crippen MR) is 83.1 cm³/mol. The Morgan fingerprint density at radius 1 is 1.40 bits per heavy atom. The average Bonchev–Trinajstić information content (AvgIpc) is 2.94. The molecule has 2 aromatic heterocycles. The largest absolute Gasteiger partial charge is 0.308 e. The first kappa shape index (κ1) is 13.8. The van der Waals surface area contributed by atoms with Crippen LogP contribution in [0.5, 0.6) is 0 Å². The Morgan fingerprint density at radius 3 is 2.95 bits per heavy atom. The van der Waals surface area contributed by atoms with Crippen molar-refractivity contribution in [2.24, 2.45) is 5.92 Å². The van der Waals surface area contributed by atoms with E-state index in [4.69, 9.17) is 0 Å². The van der Waals surface area contributed by atoms with Gasteiger partial charge in [0.05, 0.1) is 12.1 Å². The van der Waals surface area contributed by atoms with Crippen LogP contribution in [0.3, 0.4) is 0 Å². The summed E-state index contributed by atoms with van der Waals surface area (Å²) in [6, 6.07) is 2.48. The van der Waals surface area contributed by atoms with E-state index in [-0.39, 0.29) is 5.56 Å². The minimum Gasteiger partial charge on any atom is -0.308 e. The van der Waals surface area contributed by atoms with E-state index in [2.05, 4.69) is 22.2 Å². The lowest BCUT2D eigenvalue weighted by Crippen LogP contribution is -2.33. The van der Waals surface area contributed by atoms with Crippen LogP contribution in [0.15, 0.2) is 16.2 Å². The van der Waals surface area contributed by atoms with Crippen molar-refractivity contribution in [1.82, 2.24) is 15.3 Å². The third-order valence-corrected chi connectivity index (χ3v) is 5.25. The number of hydrogen-bond donors (Lipinski definition) is 2. The monoisotopic (exact) mass is 291 g/mol. The fraction of sp³-hybridized carbons (Fsp3) is 0.600. The maximum Gasteiger partial charge on any atom is 0.268 e. The molecule has 2 heterocycles. The molecule has 1 fully saturated rings. The topological polar surface area (TPSA) is 57.8 Å². The molecule has 0 aliphatic heterocycles. The lowest BCUT2D eigenvalue weighted by atomic mass is 9.84. The van der Waals surface area contributed by atoms with Gasteiger partial charge in [-0.2, -0.15) is 0 Å². The number of nitrogens with one attached hydrogen (secondary N) is 2. The van der Waals surface area contributed by atoms with Crippen molar-refractivity contribution in [3.05, 3.63) is 27.6 Å². The quantitative estimate of drug-likeness (QED) is 0.910. The number of rotatable bonds is 4. The maximum absolute atomic E-state index is 11.9. The van der Waals surface area contributed by atoms with Crippen molar-refractivity contribution >= 4 is 21.6 Å². The summed E-state index contributed by atoms with van der Waals surface area (Å²) in [6.07, 6.45) is 6.42. The summed E-state index contributed by atoms with van der Waals surface area (Å²) in [6.45, 7) is 2.94. The van der Waals surface area contributed by atoms with E-state index in [9.17, 15) is 4.79 Å². The van der Waals surface area contributed by atoms with E-state index in [0.717, 1.165) is 22.0 Å². The summed E-state index contributed by atoms with van der Waals surface area (Å²) in [5, 5.41) is 5.45. The molecule has 0 saturated heterocycles. The second-order valence-electron chi connectivity index (χ2n) is 5.65. The van der Waals surface area contributed by atoms with Crippen LogP contribution in [0.4, 0.5) is 0 Å². The van der Waals surface area contributed by atoms with Gasteiger partial charge in [0.1, 0.15) is 10.5 Å². The molecular weight excluding hydrogens is 270 g/mol. The molecule has 1 aliphatic carbocycles. The van der Waals surface area contributed by atoms with Crippen LogP contribution in [-0.4, -0.2) is 16.0 Å². The highest BCUT2D eigenvalue weighted by Gasteiger charge is 2.19. The molecule has 4 nitrogen and oxygen atoms in total. The fourth-order valence-corrected chi connectivity index (χ4v) is 3.75. The minimum atomic E-state index is -0.0171. The van der Waals surface area contributed by atoms with Gasteiger partial charge in [0.15, 0.2) is 0 Å². The summed E-state index contributed by atoms with van der Waals surface area (Å²) >= 11 is 1.44. The van der Waals surface area contributed by atoms with E-state index in [1.807, 2.05) is 11.4 Å². The van der Waals surface area contributed by atoms with Crippen molar-refractivity contribution in [2.45, 2.75) is 51.6 Å². The van der Waals surface area contributed by atoms with Crippen LogP contribution in [0.25, 0.3) is 10.2 Å². The molecule has 5 heteroatoms. The van der Waals surface area contributed by atoms with Gasteiger partial charge in [0.2, 0.25) is 0 Å². The maximum atomic E-state index is 11.9. The second kappa shape index (κ2) is 6.06. The fourth-order valence-electron chi connectivity index (χ4n) is 3.02. The number of aromatic amines is 1. The standard InChI is InChI=1S/C15H21N3OS/c1-2-10-3-5-11(6-4-10)16-9-13-17-12-7-8-20-14(12)15(19)18-13/h7-8,10-11,16H,2-6,9H2,1H3,(H,17,18,19). The van der Waals surface area contributed by atoms with Crippen LogP contribution in [-0.2, 0) is 6.54 Å². The molecule has 0 radical (unpaired) electrons. The molecule has 20 heavy (non-hydrogen) atoms. The Hall–Kier alpha value is -1.20.